The summed E-state index contributed by atoms with van der Waals surface area (Å²) in [7, 11) is 0. The number of rotatable bonds is 2. The van der Waals surface area contributed by atoms with Gasteiger partial charge >= 0.3 is 0 Å². The maximum Gasteiger partial charge on any atom is 0.155 e. The van der Waals surface area contributed by atoms with Crippen molar-refractivity contribution in [3.63, 3.8) is 0 Å². The van der Waals surface area contributed by atoms with E-state index < -0.39 is 0 Å². The molecular weight excluding hydrogens is 236 g/mol. The fraction of sp³-hybridized carbons (Fsp3) is 0.647. The molecule has 0 atom stereocenters. The Kier molecular flexibility index (Phi) is 6.20. The predicted octanol–water partition coefficient (Wildman–Crippen LogP) is 4.25. The molecule has 106 valence electrons. The van der Waals surface area contributed by atoms with Crippen molar-refractivity contribution in [2.24, 2.45) is 11.8 Å². The summed E-state index contributed by atoms with van der Waals surface area (Å²) in [6, 6.07) is 0. The summed E-state index contributed by atoms with van der Waals surface area (Å²) in [5.41, 5.74) is 2.65. The van der Waals surface area contributed by atoms with Crippen molar-refractivity contribution in [2.75, 3.05) is 0 Å². The molecule has 0 bridgehead atoms. The lowest BCUT2D eigenvalue weighted by atomic mass is 9.91. The van der Waals surface area contributed by atoms with E-state index in [9.17, 15) is 9.59 Å². The zero-order chi connectivity index (χ0) is 14.4. The normalized spacial score (nSPS) is 19.3. The first kappa shape index (κ1) is 15.9. The Morgan fingerprint density at radius 3 is 1.47 bits per heavy atom. The van der Waals surface area contributed by atoms with Crippen LogP contribution in [0.25, 0.3) is 0 Å². The molecule has 0 spiro atoms. The van der Waals surface area contributed by atoms with Crippen LogP contribution in [0.1, 0.15) is 59.8 Å². The third-order valence-corrected chi connectivity index (χ3v) is 3.72. The number of allylic oxidation sites excluding steroid dienone is 4. The molecule has 0 aromatic rings. The minimum absolute atomic E-state index is 0.304. The largest absolute Gasteiger partial charge is 0.295 e. The Morgan fingerprint density at radius 2 is 1.21 bits per heavy atom. The quantitative estimate of drug-likeness (QED) is 0.745. The first-order valence-corrected chi connectivity index (χ1v) is 7.36. The third-order valence-electron chi connectivity index (χ3n) is 3.72. The number of carbonyl (C=O) groups is 2. The van der Waals surface area contributed by atoms with Crippen molar-refractivity contribution >= 4 is 11.6 Å². The van der Waals surface area contributed by atoms with Crippen molar-refractivity contribution in [1.82, 2.24) is 0 Å². The molecule has 2 heteroatoms. The zero-order valence-corrected chi connectivity index (χ0v) is 12.7. The van der Waals surface area contributed by atoms with Crippen LogP contribution in [-0.2, 0) is 9.59 Å². The van der Waals surface area contributed by atoms with E-state index in [2.05, 4.69) is 27.7 Å². The first-order chi connectivity index (χ1) is 8.90. The maximum absolute atomic E-state index is 10.9. The topological polar surface area (TPSA) is 34.1 Å². The van der Waals surface area contributed by atoms with Crippen LogP contribution in [0.2, 0.25) is 0 Å². The molecule has 0 heterocycles. The SMILES string of the molecule is CC(C)C1=CC(=O)CC1.CC(C)C1=CC(=O)CCC1. The van der Waals surface area contributed by atoms with Crippen molar-refractivity contribution in [2.45, 2.75) is 59.8 Å². The van der Waals surface area contributed by atoms with E-state index in [1.54, 1.807) is 6.08 Å². The van der Waals surface area contributed by atoms with Gasteiger partial charge in [0.15, 0.2) is 11.6 Å². The lowest BCUT2D eigenvalue weighted by Crippen LogP contribution is -2.06. The molecule has 19 heavy (non-hydrogen) atoms. The van der Waals surface area contributed by atoms with Crippen molar-refractivity contribution < 1.29 is 9.59 Å². The molecule has 2 rings (SSSR count). The van der Waals surface area contributed by atoms with E-state index in [1.165, 1.54) is 11.1 Å². The summed E-state index contributed by atoms with van der Waals surface area (Å²) >= 11 is 0. The number of carbonyl (C=O) groups excluding carboxylic acids is 2. The summed E-state index contributed by atoms with van der Waals surface area (Å²) < 4.78 is 0. The monoisotopic (exact) mass is 262 g/mol. The van der Waals surface area contributed by atoms with Gasteiger partial charge in [0.1, 0.15) is 0 Å². The predicted molar refractivity (Wildman–Crippen MR) is 78.9 cm³/mol. The third kappa shape index (κ3) is 5.54. The summed E-state index contributed by atoms with van der Waals surface area (Å²) in [6.45, 7) is 8.55. The minimum Gasteiger partial charge on any atom is -0.295 e. The minimum atomic E-state index is 0.304. The maximum atomic E-state index is 10.9. The Hall–Kier alpha value is -1.18. The van der Waals surface area contributed by atoms with E-state index in [-0.39, 0.29) is 0 Å². The fourth-order valence-electron chi connectivity index (χ4n) is 2.35. The molecule has 0 radical (unpaired) electrons. The molecule has 0 saturated heterocycles. The number of ketones is 2. The van der Waals surface area contributed by atoms with Crippen LogP contribution < -0.4 is 0 Å². The molecule has 0 unspecified atom stereocenters. The van der Waals surface area contributed by atoms with Gasteiger partial charge < -0.3 is 0 Å². The molecule has 0 aromatic heterocycles. The van der Waals surface area contributed by atoms with Crippen LogP contribution in [0, 0.1) is 11.8 Å². The van der Waals surface area contributed by atoms with Crippen LogP contribution in [0.15, 0.2) is 23.3 Å². The van der Waals surface area contributed by atoms with E-state index in [0.717, 1.165) is 32.1 Å². The van der Waals surface area contributed by atoms with Gasteiger partial charge in [0, 0.05) is 12.8 Å². The van der Waals surface area contributed by atoms with Gasteiger partial charge in [-0.15, -0.1) is 0 Å². The van der Waals surface area contributed by atoms with Gasteiger partial charge in [-0.05, 0) is 43.3 Å². The average molecular weight is 262 g/mol. The van der Waals surface area contributed by atoms with Gasteiger partial charge in [0.05, 0.1) is 0 Å². The van der Waals surface area contributed by atoms with Gasteiger partial charge in [0.2, 0.25) is 0 Å². The smallest absolute Gasteiger partial charge is 0.155 e. The van der Waals surface area contributed by atoms with E-state index in [0.29, 0.717) is 23.4 Å². The first-order valence-electron chi connectivity index (χ1n) is 7.36. The molecule has 2 nitrogen and oxygen atoms in total. The van der Waals surface area contributed by atoms with Crippen molar-refractivity contribution in [3.05, 3.63) is 23.3 Å². The number of hydrogen-bond acceptors (Lipinski definition) is 2. The second kappa shape index (κ2) is 7.42. The molecule has 0 fully saturated rings. The molecule has 2 aliphatic rings. The fourth-order valence-corrected chi connectivity index (χ4v) is 2.35. The summed E-state index contributed by atoms with van der Waals surface area (Å²) in [5.74, 6) is 1.74. The Bertz CT molecular complexity index is 397. The molecule has 0 amide bonds. The van der Waals surface area contributed by atoms with Gasteiger partial charge in [-0.25, -0.2) is 0 Å². The summed E-state index contributed by atoms with van der Waals surface area (Å²) in [6.07, 6.45) is 8.31. The van der Waals surface area contributed by atoms with E-state index in [1.807, 2.05) is 6.08 Å². The Morgan fingerprint density at radius 1 is 0.737 bits per heavy atom. The molecule has 0 aliphatic heterocycles. The average Bonchev–Trinajstić information content (AvgIpc) is 2.77. The van der Waals surface area contributed by atoms with Crippen LogP contribution in [-0.4, -0.2) is 11.6 Å². The Labute approximate surface area is 117 Å². The Balaban J connectivity index is 0.000000191. The highest BCUT2D eigenvalue weighted by atomic mass is 16.1. The molecule has 0 saturated carbocycles. The molecule has 2 aliphatic carbocycles. The highest BCUT2D eigenvalue weighted by molar-refractivity contribution is 5.93. The van der Waals surface area contributed by atoms with E-state index >= 15 is 0 Å². The zero-order valence-electron chi connectivity index (χ0n) is 12.7. The lowest BCUT2D eigenvalue weighted by molar-refractivity contribution is -0.115. The van der Waals surface area contributed by atoms with Gasteiger partial charge in [0.25, 0.3) is 0 Å². The summed E-state index contributed by atoms with van der Waals surface area (Å²) in [4.78, 5) is 21.6. The highest BCUT2D eigenvalue weighted by Gasteiger charge is 2.13. The number of hydrogen-bond donors (Lipinski definition) is 0. The van der Waals surface area contributed by atoms with Crippen LogP contribution in [0.5, 0.6) is 0 Å². The molecule has 0 aromatic carbocycles. The lowest BCUT2D eigenvalue weighted by Gasteiger charge is -2.14. The van der Waals surface area contributed by atoms with Crippen LogP contribution in [0.3, 0.4) is 0 Å². The van der Waals surface area contributed by atoms with E-state index in [4.69, 9.17) is 0 Å². The highest BCUT2D eigenvalue weighted by Crippen LogP contribution is 2.22. The molecule has 0 N–H and O–H groups in total. The van der Waals surface area contributed by atoms with Gasteiger partial charge in [-0.2, -0.15) is 0 Å². The van der Waals surface area contributed by atoms with Crippen LogP contribution >= 0.6 is 0 Å². The van der Waals surface area contributed by atoms with Gasteiger partial charge in [-0.3, -0.25) is 9.59 Å². The second-order valence-corrected chi connectivity index (χ2v) is 6.03. The second-order valence-electron chi connectivity index (χ2n) is 6.03. The van der Waals surface area contributed by atoms with Crippen molar-refractivity contribution in [3.8, 4) is 0 Å². The standard InChI is InChI=1S/C9H14O.C8H12O/c1-7(2)8-4-3-5-9(10)6-8;1-6(2)7-3-4-8(9)5-7/h6-7H,3-5H2,1-2H3;5-6H,3-4H2,1-2H3. The van der Waals surface area contributed by atoms with Crippen molar-refractivity contribution in [1.29, 1.82) is 0 Å². The summed E-state index contributed by atoms with van der Waals surface area (Å²) in [5, 5.41) is 0. The van der Waals surface area contributed by atoms with Crippen LogP contribution in [0.4, 0.5) is 0 Å². The van der Waals surface area contributed by atoms with Gasteiger partial charge in [-0.1, -0.05) is 38.8 Å². The molecular formula is C17H26O2.